The minimum absolute atomic E-state index is 0.0344. The number of ether oxygens (including phenoxy) is 9. The molecule has 9 rings (SSSR count). The van der Waals surface area contributed by atoms with Gasteiger partial charge in [0.05, 0.1) is 18.2 Å². The monoisotopic (exact) mass is 1010 g/mol. The largest absolute Gasteiger partial charge is 0.489 e. The lowest BCUT2D eigenvalue weighted by Gasteiger charge is -2.35. The second-order valence-corrected chi connectivity index (χ2v) is 17.3. The third-order valence-electron chi connectivity index (χ3n) is 12.1. The molecule has 8 aromatic carbocycles. The molecule has 0 fully saturated rings. The molecule has 13 nitrogen and oxygen atoms in total. The highest BCUT2D eigenvalue weighted by atomic mass is 16.6. The van der Waals surface area contributed by atoms with Gasteiger partial charge in [-0.1, -0.05) is 164 Å². The van der Waals surface area contributed by atoms with Gasteiger partial charge in [-0.15, -0.1) is 0 Å². The number of carbonyl (C=O) groups excluding carboxylic acids is 4. The number of carbonyl (C=O) groups is 4. The lowest BCUT2D eigenvalue weighted by atomic mass is 10.0. The van der Waals surface area contributed by atoms with Gasteiger partial charge in [0, 0.05) is 29.7 Å². The van der Waals surface area contributed by atoms with Crippen LogP contribution in [0, 0.1) is 0 Å². The van der Waals surface area contributed by atoms with Crippen LogP contribution in [-0.4, -0.2) is 49.3 Å². The predicted molar refractivity (Wildman–Crippen MR) is 276 cm³/mol. The van der Waals surface area contributed by atoms with Crippen LogP contribution in [0.1, 0.15) is 60.2 Å². The molecule has 75 heavy (non-hydrogen) atoms. The van der Waals surface area contributed by atoms with Crippen molar-refractivity contribution in [3.05, 3.63) is 257 Å². The van der Waals surface area contributed by atoms with E-state index in [0.717, 1.165) is 29.4 Å². The number of rotatable bonds is 21. The van der Waals surface area contributed by atoms with Gasteiger partial charge in [-0.2, -0.15) is 0 Å². The van der Waals surface area contributed by atoms with Crippen molar-refractivity contribution in [1.29, 1.82) is 0 Å². The Kier molecular flexibility index (Phi) is 16.8. The Hall–Kier alpha value is -9.36. The Morgan fingerprint density at radius 3 is 1.37 bits per heavy atom. The summed E-state index contributed by atoms with van der Waals surface area (Å²) in [5, 5.41) is 0. The molecule has 8 aromatic rings. The third kappa shape index (κ3) is 13.4. The first-order chi connectivity index (χ1) is 36.8. The number of fused-ring (bicyclic) bond motifs is 1. The summed E-state index contributed by atoms with van der Waals surface area (Å²) in [6.45, 7) is 0.842. The number of methoxy groups -OCH3 is 1. The van der Waals surface area contributed by atoms with Crippen LogP contribution in [0.5, 0.6) is 28.7 Å². The number of benzene rings is 8. The summed E-state index contributed by atoms with van der Waals surface area (Å²) < 4.78 is 55.8. The quantitative estimate of drug-likeness (QED) is 0.0382. The summed E-state index contributed by atoms with van der Waals surface area (Å²) >= 11 is 0. The van der Waals surface area contributed by atoms with Crippen molar-refractivity contribution in [2.24, 2.45) is 0 Å². The molecular formula is C62H52O13. The molecule has 0 bridgehead atoms. The van der Waals surface area contributed by atoms with Gasteiger partial charge in [-0.3, -0.25) is 0 Å². The van der Waals surface area contributed by atoms with Crippen LogP contribution in [0.2, 0.25) is 0 Å². The fourth-order valence-electron chi connectivity index (χ4n) is 8.22. The van der Waals surface area contributed by atoms with E-state index in [-0.39, 0.29) is 44.0 Å². The van der Waals surface area contributed by atoms with Gasteiger partial charge in [0.1, 0.15) is 49.8 Å². The van der Waals surface area contributed by atoms with Gasteiger partial charge in [0.25, 0.3) is 0 Å². The Balaban J connectivity index is 1.12. The van der Waals surface area contributed by atoms with E-state index in [1.54, 1.807) is 66.7 Å². The average Bonchev–Trinajstić information content (AvgIpc) is 3.47. The molecule has 0 amide bonds. The van der Waals surface area contributed by atoms with Crippen LogP contribution in [0.15, 0.2) is 212 Å². The first kappa shape index (κ1) is 50.6. The number of hydrogen-bond donors (Lipinski definition) is 0. The van der Waals surface area contributed by atoms with Crippen LogP contribution in [0.25, 0.3) is 0 Å². The lowest BCUT2D eigenvalue weighted by Crippen LogP contribution is -2.49. The zero-order valence-electron chi connectivity index (χ0n) is 40.9. The van der Waals surface area contributed by atoms with Crippen molar-refractivity contribution < 1.29 is 61.8 Å². The van der Waals surface area contributed by atoms with E-state index in [2.05, 4.69) is 0 Å². The molecule has 1 aliphatic heterocycles. The van der Waals surface area contributed by atoms with Crippen LogP contribution < -0.4 is 23.7 Å². The van der Waals surface area contributed by atoms with E-state index >= 15 is 4.79 Å². The van der Waals surface area contributed by atoms with E-state index < -0.39 is 48.3 Å². The molecule has 0 unspecified atom stereocenters. The van der Waals surface area contributed by atoms with Crippen molar-refractivity contribution in [3.63, 3.8) is 0 Å². The number of esters is 4. The van der Waals surface area contributed by atoms with Gasteiger partial charge in [-0.25, -0.2) is 19.2 Å². The van der Waals surface area contributed by atoms with Crippen molar-refractivity contribution in [2.45, 2.75) is 57.3 Å². The normalized spacial score (nSPS) is 14.3. The summed E-state index contributed by atoms with van der Waals surface area (Å²) in [6, 6.07) is 63.1. The summed E-state index contributed by atoms with van der Waals surface area (Å²) in [4.78, 5) is 56.2. The van der Waals surface area contributed by atoms with Crippen molar-refractivity contribution in [2.75, 3.05) is 7.11 Å². The molecule has 13 heteroatoms. The standard InChI is InChI=1S/C62H52O13/c1-67-61(65)57(74-59(63)46-28-16-6-17-29-46)58(75-60(64)47-30-18-7-19-31-47)62(66)73-55-37-50-52(70-40-44-24-12-4-13-25-44)35-49(68-38-42-20-8-2-9-21-42)36-53(50)72-56(55)48-32-33-51(69-39-43-22-10-3-11-23-43)54(34-48)71-41-45-26-14-5-15-27-45/h2-36,55-58H,37-41H2,1H3/t55-,56+,57-,58-/m1/s1/i37+1. The SMILES string of the molecule is COC(=O)[C@H](OC(=O)c1ccccc1)[C@@H](OC(=O)c1ccccc1)C(=O)O[C@@H]1[13CH2]c2c(OCc3ccccc3)cc(OCc3ccccc3)cc2O[C@H]1c1ccc(OCc2ccccc2)c(OCc2ccccc2)c1. The van der Waals surface area contributed by atoms with E-state index in [0.29, 0.717) is 39.9 Å². The fraction of sp³-hybridized carbons (Fsp3) is 0.161. The predicted octanol–water partition coefficient (Wildman–Crippen LogP) is 11.2. The maximum absolute atomic E-state index is 15.1. The Labute approximate surface area is 434 Å². The van der Waals surface area contributed by atoms with Crippen molar-refractivity contribution in [3.8, 4) is 28.7 Å². The van der Waals surface area contributed by atoms with E-state index in [4.69, 9.17) is 42.6 Å². The van der Waals surface area contributed by atoms with Gasteiger partial charge >= 0.3 is 23.9 Å². The smallest absolute Gasteiger partial charge is 0.352 e. The van der Waals surface area contributed by atoms with Gasteiger partial charge in [0.15, 0.2) is 17.6 Å². The fourth-order valence-corrected chi connectivity index (χ4v) is 8.22. The highest BCUT2D eigenvalue weighted by molar-refractivity contribution is 5.96. The van der Waals surface area contributed by atoms with Crippen LogP contribution in [0.3, 0.4) is 0 Å². The Morgan fingerprint density at radius 1 is 0.467 bits per heavy atom. The maximum Gasteiger partial charge on any atom is 0.352 e. The van der Waals surface area contributed by atoms with Crippen LogP contribution in [0.4, 0.5) is 0 Å². The van der Waals surface area contributed by atoms with Gasteiger partial charge in [0.2, 0.25) is 12.2 Å². The lowest BCUT2D eigenvalue weighted by molar-refractivity contribution is -0.179. The van der Waals surface area contributed by atoms with Crippen LogP contribution >= 0.6 is 0 Å². The Morgan fingerprint density at radius 2 is 0.893 bits per heavy atom. The molecule has 378 valence electrons. The first-order valence-corrected chi connectivity index (χ1v) is 24.2. The molecule has 1 heterocycles. The molecule has 0 saturated carbocycles. The van der Waals surface area contributed by atoms with E-state index in [1.165, 1.54) is 24.3 Å². The molecule has 0 aliphatic carbocycles. The zero-order valence-corrected chi connectivity index (χ0v) is 40.9. The minimum atomic E-state index is -2.18. The summed E-state index contributed by atoms with van der Waals surface area (Å²) in [5.74, 6) is -2.42. The summed E-state index contributed by atoms with van der Waals surface area (Å²) in [7, 11) is 1.05. The molecule has 0 radical (unpaired) electrons. The molecule has 1 aliphatic rings. The molecule has 0 N–H and O–H groups in total. The van der Waals surface area contributed by atoms with E-state index in [9.17, 15) is 14.4 Å². The average molecular weight is 1010 g/mol. The molecule has 4 atom stereocenters. The highest BCUT2D eigenvalue weighted by Gasteiger charge is 2.46. The van der Waals surface area contributed by atoms with Gasteiger partial charge in [-0.05, 0) is 58.7 Å². The molecule has 0 saturated heterocycles. The van der Waals surface area contributed by atoms with Crippen LogP contribution in [-0.2, 0) is 61.4 Å². The van der Waals surface area contributed by atoms with E-state index in [1.807, 2.05) is 121 Å². The maximum atomic E-state index is 15.1. The molecule has 0 aromatic heterocycles. The summed E-state index contributed by atoms with van der Waals surface area (Å²) in [6.07, 6.45) is -6.68. The van der Waals surface area contributed by atoms with Crippen molar-refractivity contribution in [1.82, 2.24) is 0 Å². The van der Waals surface area contributed by atoms with Gasteiger partial charge < -0.3 is 42.6 Å². The Bertz CT molecular complexity index is 3160. The first-order valence-electron chi connectivity index (χ1n) is 24.2. The van der Waals surface area contributed by atoms with Crippen molar-refractivity contribution >= 4 is 23.9 Å². The zero-order chi connectivity index (χ0) is 51.8. The third-order valence-corrected chi connectivity index (χ3v) is 12.1. The topological polar surface area (TPSA) is 151 Å². The summed E-state index contributed by atoms with van der Waals surface area (Å²) in [5.41, 5.74) is 4.79. The second kappa shape index (κ2) is 24.9. The highest BCUT2D eigenvalue weighted by Crippen LogP contribution is 2.45. The number of hydrogen-bond acceptors (Lipinski definition) is 13. The molecule has 0 spiro atoms. The second-order valence-electron chi connectivity index (χ2n) is 17.3. The molecular weight excluding hydrogens is 954 g/mol. The minimum Gasteiger partial charge on any atom is -0.489 e.